The normalized spacial score (nSPS) is 17.3. The van der Waals surface area contributed by atoms with Crippen molar-refractivity contribution in [3.05, 3.63) is 29.3 Å². The second-order valence-corrected chi connectivity index (χ2v) is 6.47. The van der Waals surface area contributed by atoms with Gasteiger partial charge in [0.2, 0.25) is 0 Å². The van der Waals surface area contributed by atoms with Gasteiger partial charge in [0.1, 0.15) is 0 Å². The largest absolute Gasteiger partial charge is 0.384 e. The summed E-state index contributed by atoms with van der Waals surface area (Å²) in [5.41, 5.74) is 4.57. The van der Waals surface area contributed by atoms with E-state index in [4.69, 9.17) is 0 Å². The molecule has 1 fully saturated rings. The number of aryl methyl sites for hydroxylation is 1. The molecule has 0 aromatic heterocycles. The molecule has 2 N–H and O–H groups in total. The van der Waals surface area contributed by atoms with Gasteiger partial charge in [-0.05, 0) is 49.9 Å². The predicted octanol–water partition coefficient (Wildman–Crippen LogP) is 3.92. The minimum absolute atomic E-state index is 0.481. The Bertz CT molecular complexity index is 419. The Labute approximate surface area is 118 Å². The molecule has 2 rings (SSSR count). The van der Waals surface area contributed by atoms with Crippen molar-refractivity contribution < 1.29 is 0 Å². The highest BCUT2D eigenvalue weighted by molar-refractivity contribution is 5.53. The highest BCUT2D eigenvalue weighted by Gasteiger charge is 2.35. The third-order valence-electron chi connectivity index (χ3n) is 4.55. The molecule has 0 amide bonds. The van der Waals surface area contributed by atoms with E-state index in [1.165, 1.54) is 36.1 Å². The molecule has 1 aromatic rings. The number of rotatable bonds is 6. The van der Waals surface area contributed by atoms with Crippen LogP contribution in [0.2, 0.25) is 0 Å². The van der Waals surface area contributed by atoms with E-state index in [2.05, 4.69) is 56.7 Å². The zero-order valence-corrected chi connectivity index (χ0v) is 12.8. The topological polar surface area (TPSA) is 24.1 Å². The predicted molar refractivity (Wildman–Crippen MR) is 84.0 cm³/mol. The van der Waals surface area contributed by atoms with Crippen molar-refractivity contribution in [2.45, 2.75) is 46.0 Å². The molecule has 106 valence electrons. The molecule has 1 saturated carbocycles. The Hall–Kier alpha value is -1.02. The van der Waals surface area contributed by atoms with E-state index in [-0.39, 0.29) is 0 Å². The Morgan fingerprint density at radius 1 is 1.21 bits per heavy atom. The van der Waals surface area contributed by atoms with E-state index in [0.717, 1.165) is 13.1 Å². The van der Waals surface area contributed by atoms with Crippen LogP contribution in [-0.4, -0.2) is 20.1 Å². The maximum atomic E-state index is 3.70. The van der Waals surface area contributed by atoms with Gasteiger partial charge in [-0.25, -0.2) is 0 Å². The molecule has 0 heterocycles. The standard InChI is InChI=1S/C17H28N2/c1-13(2)15-7-6-14(3)16(10-15)19-12-17(11-18-4)8-5-9-17/h6-7,10,13,18-19H,5,8-9,11-12H2,1-4H3. The Kier molecular flexibility index (Phi) is 4.51. The van der Waals surface area contributed by atoms with E-state index in [1.54, 1.807) is 0 Å². The average molecular weight is 260 g/mol. The van der Waals surface area contributed by atoms with Gasteiger partial charge in [0, 0.05) is 24.2 Å². The lowest BCUT2D eigenvalue weighted by molar-refractivity contribution is 0.151. The van der Waals surface area contributed by atoms with Crippen LogP contribution < -0.4 is 10.6 Å². The molecule has 0 saturated heterocycles. The monoisotopic (exact) mass is 260 g/mol. The van der Waals surface area contributed by atoms with Gasteiger partial charge in [-0.15, -0.1) is 0 Å². The van der Waals surface area contributed by atoms with Crippen molar-refractivity contribution in [3.63, 3.8) is 0 Å². The van der Waals surface area contributed by atoms with Crippen molar-refractivity contribution in [3.8, 4) is 0 Å². The van der Waals surface area contributed by atoms with Crippen LogP contribution in [0, 0.1) is 12.3 Å². The Morgan fingerprint density at radius 2 is 1.95 bits per heavy atom. The fourth-order valence-corrected chi connectivity index (χ4v) is 2.94. The lowest BCUT2D eigenvalue weighted by Crippen LogP contribution is -2.44. The summed E-state index contributed by atoms with van der Waals surface area (Å²) >= 11 is 0. The number of anilines is 1. The average Bonchev–Trinajstić information content (AvgIpc) is 2.33. The molecular weight excluding hydrogens is 232 g/mol. The Balaban J connectivity index is 2.04. The summed E-state index contributed by atoms with van der Waals surface area (Å²) in [4.78, 5) is 0. The molecule has 1 aliphatic rings. The summed E-state index contributed by atoms with van der Waals surface area (Å²) in [6, 6.07) is 6.81. The van der Waals surface area contributed by atoms with Crippen molar-refractivity contribution in [2.75, 3.05) is 25.5 Å². The van der Waals surface area contributed by atoms with Crippen LogP contribution in [-0.2, 0) is 0 Å². The van der Waals surface area contributed by atoms with Gasteiger partial charge in [-0.2, -0.15) is 0 Å². The summed E-state index contributed by atoms with van der Waals surface area (Å²) in [6.07, 6.45) is 4.09. The minimum Gasteiger partial charge on any atom is -0.384 e. The molecule has 1 aromatic carbocycles. The molecule has 0 aliphatic heterocycles. The first-order chi connectivity index (χ1) is 9.06. The first-order valence-electron chi connectivity index (χ1n) is 7.55. The SMILES string of the molecule is CNCC1(CNc2cc(C(C)C)ccc2C)CCC1. The lowest BCUT2D eigenvalue weighted by atomic mass is 9.68. The second kappa shape index (κ2) is 5.96. The van der Waals surface area contributed by atoms with Gasteiger partial charge in [0.15, 0.2) is 0 Å². The molecular formula is C17H28N2. The fourth-order valence-electron chi connectivity index (χ4n) is 2.94. The zero-order valence-electron chi connectivity index (χ0n) is 12.8. The summed E-state index contributed by atoms with van der Waals surface area (Å²) in [6.45, 7) is 8.92. The molecule has 0 radical (unpaired) electrons. The molecule has 0 bridgehead atoms. The molecule has 1 aliphatic carbocycles. The first kappa shape index (κ1) is 14.4. The van der Waals surface area contributed by atoms with Crippen LogP contribution in [0.15, 0.2) is 18.2 Å². The molecule has 2 nitrogen and oxygen atoms in total. The zero-order chi connectivity index (χ0) is 13.9. The number of hydrogen-bond donors (Lipinski definition) is 2. The second-order valence-electron chi connectivity index (χ2n) is 6.47. The van der Waals surface area contributed by atoms with Gasteiger partial charge in [0.25, 0.3) is 0 Å². The van der Waals surface area contributed by atoms with Gasteiger partial charge >= 0.3 is 0 Å². The van der Waals surface area contributed by atoms with Crippen molar-refractivity contribution in [2.24, 2.45) is 5.41 Å². The number of nitrogens with one attached hydrogen (secondary N) is 2. The fraction of sp³-hybridized carbons (Fsp3) is 0.647. The molecule has 2 heteroatoms. The summed E-state index contributed by atoms with van der Waals surface area (Å²) in [5, 5.41) is 7.05. The van der Waals surface area contributed by atoms with Crippen LogP contribution in [0.5, 0.6) is 0 Å². The van der Waals surface area contributed by atoms with E-state index in [9.17, 15) is 0 Å². The maximum absolute atomic E-state index is 3.70. The maximum Gasteiger partial charge on any atom is 0.0372 e. The van der Waals surface area contributed by atoms with E-state index in [1.807, 2.05) is 0 Å². The van der Waals surface area contributed by atoms with Gasteiger partial charge < -0.3 is 10.6 Å². The van der Waals surface area contributed by atoms with Crippen LogP contribution in [0.25, 0.3) is 0 Å². The summed E-state index contributed by atoms with van der Waals surface area (Å²) < 4.78 is 0. The minimum atomic E-state index is 0.481. The summed E-state index contributed by atoms with van der Waals surface area (Å²) in [7, 11) is 2.06. The smallest absolute Gasteiger partial charge is 0.0372 e. The van der Waals surface area contributed by atoms with Crippen LogP contribution in [0.3, 0.4) is 0 Å². The van der Waals surface area contributed by atoms with Crippen LogP contribution in [0.1, 0.15) is 50.2 Å². The van der Waals surface area contributed by atoms with Crippen molar-refractivity contribution in [1.29, 1.82) is 0 Å². The van der Waals surface area contributed by atoms with Crippen molar-refractivity contribution in [1.82, 2.24) is 5.32 Å². The molecule has 19 heavy (non-hydrogen) atoms. The number of benzene rings is 1. The van der Waals surface area contributed by atoms with E-state index >= 15 is 0 Å². The van der Waals surface area contributed by atoms with E-state index < -0.39 is 0 Å². The third-order valence-corrected chi connectivity index (χ3v) is 4.55. The molecule has 0 unspecified atom stereocenters. The van der Waals surface area contributed by atoms with Crippen LogP contribution >= 0.6 is 0 Å². The summed E-state index contributed by atoms with van der Waals surface area (Å²) in [5.74, 6) is 0.594. The Morgan fingerprint density at radius 3 is 2.47 bits per heavy atom. The highest BCUT2D eigenvalue weighted by Crippen LogP contribution is 2.40. The molecule has 0 atom stereocenters. The highest BCUT2D eigenvalue weighted by atomic mass is 14.9. The van der Waals surface area contributed by atoms with Gasteiger partial charge in [-0.3, -0.25) is 0 Å². The van der Waals surface area contributed by atoms with Crippen LogP contribution in [0.4, 0.5) is 5.69 Å². The lowest BCUT2D eigenvalue weighted by Gasteiger charge is -2.42. The van der Waals surface area contributed by atoms with Gasteiger partial charge in [0.05, 0.1) is 0 Å². The number of hydrogen-bond acceptors (Lipinski definition) is 2. The molecule has 0 spiro atoms. The van der Waals surface area contributed by atoms with Crippen molar-refractivity contribution >= 4 is 5.69 Å². The third kappa shape index (κ3) is 3.30. The van der Waals surface area contributed by atoms with Gasteiger partial charge in [-0.1, -0.05) is 32.4 Å². The van der Waals surface area contributed by atoms with E-state index in [0.29, 0.717) is 11.3 Å². The first-order valence-corrected chi connectivity index (χ1v) is 7.55. The quantitative estimate of drug-likeness (QED) is 0.810.